The normalized spacial score (nSPS) is 24.8. The Bertz CT molecular complexity index is 886. The van der Waals surface area contributed by atoms with E-state index in [-0.39, 0.29) is 12.0 Å². The van der Waals surface area contributed by atoms with Gasteiger partial charge in [0, 0.05) is 29.4 Å². The number of fused-ring (bicyclic) bond motifs is 4. The Morgan fingerprint density at radius 2 is 1.96 bits per heavy atom. The molecule has 114 valence electrons. The Morgan fingerprint density at radius 1 is 1.04 bits per heavy atom. The van der Waals surface area contributed by atoms with Crippen LogP contribution in [0.1, 0.15) is 35.3 Å². The van der Waals surface area contributed by atoms with Crippen molar-refractivity contribution in [1.29, 1.82) is 0 Å². The van der Waals surface area contributed by atoms with Gasteiger partial charge in [0.15, 0.2) is 0 Å². The largest absolute Gasteiger partial charge is 0.388 e. The molecule has 3 heterocycles. The van der Waals surface area contributed by atoms with Crippen LogP contribution in [0.5, 0.6) is 0 Å². The average Bonchev–Trinajstić information content (AvgIpc) is 3.17. The first kappa shape index (κ1) is 13.0. The van der Waals surface area contributed by atoms with E-state index in [1.54, 1.807) is 0 Å². The van der Waals surface area contributed by atoms with E-state index in [4.69, 9.17) is 0 Å². The van der Waals surface area contributed by atoms with E-state index in [1.165, 1.54) is 16.7 Å². The number of hydrogen-bond donors (Lipinski definition) is 1. The number of imidazole rings is 1. The molecule has 3 aromatic rings. The molecule has 1 N–H and O–H groups in total. The van der Waals surface area contributed by atoms with Crippen LogP contribution in [0.4, 0.5) is 0 Å². The van der Waals surface area contributed by atoms with Crippen molar-refractivity contribution in [2.45, 2.75) is 25.0 Å². The summed E-state index contributed by atoms with van der Waals surface area (Å²) < 4.78 is 2.22. The van der Waals surface area contributed by atoms with Crippen molar-refractivity contribution in [3.8, 4) is 11.3 Å². The van der Waals surface area contributed by atoms with Crippen LogP contribution in [0, 0.1) is 5.92 Å². The van der Waals surface area contributed by atoms with Gasteiger partial charge in [0.2, 0.25) is 0 Å². The highest BCUT2D eigenvalue weighted by atomic mass is 16.3. The summed E-state index contributed by atoms with van der Waals surface area (Å²) in [6, 6.07) is 10.6. The van der Waals surface area contributed by atoms with Gasteiger partial charge in [0.25, 0.3) is 0 Å². The molecule has 0 unspecified atom stereocenters. The van der Waals surface area contributed by atoms with E-state index < -0.39 is 6.10 Å². The smallest absolute Gasteiger partial charge is 0.0956 e. The number of aliphatic hydroxyl groups excluding tert-OH is 1. The van der Waals surface area contributed by atoms with Crippen LogP contribution in [0.3, 0.4) is 0 Å². The zero-order valence-electron chi connectivity index (χ0n) is 12.6. The van der Waals surface area contributed by atoms with Gasteiger partial charge in [0.05, 0.1) is 30.4 Å². The molecule has 1 aromatic carbocycles. The first-order valence-electron chi connectivity index (χ1n) is 8.06. The lowest BCUT2D eigenvalue weighted by Gasteiger charge is -2.35. The average molecular weight is 303 g/mol. The second-order valence-electron chi connectivity index (χ2n) is 6.44. The quantitative estimate of drug-likeness (QED) is 0.751. The minimum Gasteiger partial charge on any atom is -0.388 e. The van der Waals surface area contributed by atoms with E-state index in [0.717, 1.165) is 24.1 Å². The van der Waals surface area contributed by atoms with E-state index in [0.29, 0.717) is 0 Å². The molecule has 5 rings (SSSR count). The van der Waals surface area contributed by atoms with Crippen molar-refractivity contribution in [3.05, 3.63) is 71.9 Å². The van der Waals surface area contributed by atoms with E-state index in [2.05, 4.69) is 38.8 Å². The van der Waals surface area contributed by atoms with Crippen molar-refractivity contribution >= 4 is 0 Å². The maximum atomic E-state index is 11.0. The Morgan fingerprint density at radius 3 is 2.91 bits per heavy atom. The molecule has 4 heteroatoms. The second-order valence-corrected chi connectivity index (χ2v) is 6.44. The minimum atomic E-state index is -0.487. The molecule has 0 saturated carbocycles. The van der Waals surface area contributed by atoms with Crippen LogP contribution in [0.15, 0.2) is 55.2 Å². The summed E-state index contributed by atoms with van der Waals surface area (Å²) >= 11 is 0. The molecule has 1 aliphatic heterocycles. The summed E-state index contributed by atoms with van der Waals surface area (Å²) in [5, 5.41) is 11.0. The molecule has 2 aromatic heterocycles. The number of hydrogen-bond acceptors (Lipinski definition) is 3. The third-order valence-corrected chi connectivity index (χ3v) is 5.34. The molecular weight excluding hydrogens is 286 g/mol. The van der Waals surface area contributed by atoms with Crippen LogP contribution in [-0.4, -0.2) is 19.6 Å². The molecule has 0 saturated heterocycles. The zero-order chi connectivity index (χ0) is 15.4. The van der Waals surface area contributed by atoms with Crippen LogP contribution in [0.2, 0.25) is 0 Å². The predicted molar refractivity (Wildman–Crippen MR) is 86.8 cm³/mol. The van der Waals surface area contributed by atoms with Gasteiger partial charge >= 0.3 is 0 Å². The molecule has 0 bridgehead atoms. The number of pyridine rings is 1. The molecule has 0 spiro atoms. The van der Waals surface area contributed by atoms with Gasteiger partial charge in [0.1, 0.15) is 0 Å². The summed E-state index contributed by atoms with van der Waals surface area (Å²) in [6.07, 6.45) is 8.91. The first-order valence-corrected chi connectivity index (χ1v) is 8.06. The fraction of sp³-hybridized carbons (Fsp3) is 0.263. The molecular formula is C19H17N3O. The predicted octanol–water partition coefficient (Wildman–Crippen LogP) is 3.14. The minimum absolute atomic E-state index is 0.142. The van der Waals surface area contributed by atoms with Crippen LogP contribution in [-0.2, 0) is 6.42 Å². The highest BCUT2D eigenvalue weighted by Crippen LogP contribution is 2.49. The third kappa shape index (κ3) is 1.75. The van der Waals surface area contributed by atoms with Crippen molar-refractivity contribution in [1.82, 2.24) is 14.5 Å². The monoisotopic (exact) mass is 303 g/mol. The van der Waals surface area contributed by atoms with Crippen molar-refractivity contribution in [2.24, 2.45) is 5.92 Å². The highest BCUT2D eigenvalue weighted by molar-refractivity contribution is 5.69. The summed E-state index contributed by atoms with van der Waals surface area (Å²) in [6.45, 7) is 0. The van der Waals surface area contributed by atoms with Gasteiger partial charge in [-0.1, -0.05) is 24.3 Å². The molecule has 0 amide bonds. The zero-order valence-corrected chi connectivity index (χ0v) is 12.6. The second kappa shape index (κ2) is 4.77. The van der Waals surface area contributed by atoms with Gasteiger partial charge in [-0.15, -0.1) is 0 Å². The number of aliphatic hydroxyl groups is 1. The summed E-state index contributed by atoms with van der Waals surface area (Å²) in [5.74, 6) is 0.142. The molecule has 23 heavy (non-hydrogen) atoms. The maximum absolute atomic E-state index is 11.0. The molecule has 0 fully saturated rings. The fourth-order valence-electron chi connectivity index (χ4n) is 4.28. The lowest BCUT2D eigenvalue weighted by molar-refractivity contribution is 0.0717. The lowest BCUT2D eigenvalue weighted by Crippen LogP contribution is -2.28. The number of nitrogens with zero attached hydrogens (tertiary/aromatic N) is 3. The fourth-order valence-corrected chi connectivity index (χ4v) is 4.28. The Kier molecular flexibility index (Phi) is 2.70. The Balaban J connectivity index is 1.64. The summed E-state index contributed by atoms with van der Waals surface area (Å²) in [4.78, 5) is 8.54. The van der Waals surface area contributed by atoms with Gasteiger partial charge < -0.3 is 9.67 Å². The number of benzene rings is 1. The molecule has 3 atom stereocenters. The SMILES string of the molecule is O[C@@H]1c2cnccc2CC[C@@H]1[C@@H]1c2ccccc2-c2cncn21. The third-order valence-electron chi connectivity index (χ3n) is 5.34. The number of aryl methyl sites for hydroxylation is 1. The number of rotatable bonds is 1. The standard InChI is InChI=1S/C19H17N3O/c23-19-15(6-5-12-7-8-20-9-16(12)19)18-14-4-2-1-3-13(14)17-10-21-11-22(17)18/h1-4,7-11,15,18-19,23H,5-6H2/t15-,18+,19+/m1/s1. The molecule has 4 nitrogen and oxygen atoms in total. The first-order chi connectivity index (χ1) is 11.3. The Hall–Kier alpha value is -2.46. The molecule has 0 radical (unpaired) electrons. The van der Waals surface area contributed by atoms with E-state index >= 15 is 0 Å². The Labute approximate surface area is 134 Å². The molecule has 1 aliphatic carbocycles. The van der Waals surface area contributed by atoms with Crippen LogP contribution in [0.25, 0.3) is 11.3 Å². The molecule has 2 aliphatic rings. The maximum Gasteiger partial charge on any atom is 0.0956 e. The van der Waals surface area contributed by atoms with Crippen LogP contribution >= 0.6 is 0 Å². The number of aromatic nitrogens is 3. The van der Waals surface area contributed by atoms with Gasteiger partial charge in [-0.2, -0.15) is 0 Å². The summed E-state index contributed by atoms with van der Waals surface area (Å²) in [7, 11) is 0. The topological polar surface area (TPSA) is 50.9 Å². The van der Waals surface area contributed by atoms with Gasteiger partial charge in [-0.25, -0.2) is 4.98 Å². The van der Waals surface area contributed by atoms with Crippen molar-refractivity contribution in [2.75, 3.05) is 0 Å². The van der Waals surface area contributed by atoms with Gasteiger partial charge in [-0.3, -0.25) is 4.98 Å². The lowest BCUT2D eigenvalue weighted by atomic mass is 9.76. The van der Waals surface area contributed by atoms with E-state index in [9.17, 15) is 5.11 Å². The van der Waals surface area contributed by atoms with Gasteiger partial charge in [-0.05, 0) is 30.0 Å². The summed E-state index contributed by atoms with van der Waals surface area (Å²) in [5.41, 5.74) is 5.88. The van der Waals surface area contributed by atoms with Crippen LogP contribution < -0.4 is 0 Å². The highest BCUT2D eigenvalue weighted by Gasteiger charge is 2.40. The van der Waals surface area contributed by atoms with Crippen molar-refractivity contribution < 1.29 is 5.11 Å². The van der Waals surface area contributed by atoms with Crippen molar-refractivity contribution in [3.63, 3.8) is 0 Å². The van der Waals surface area contributed by atoms with E-state index in [1.807, 2.05) is 31.0 Å².